The average molecular weight is 268 g/mol. The van der Waals surface area contributed by atoms with Crippen LogP contribution >= 0.6 is 0 Å². The van der Waals surface area contributed by atoms with Crippen LogP contribution in [0.3, 0.4) is 0 Å². The lowest BCUT2D eigenvalue weighted by atomic mass is 9.81. The third-order valence-electron chi connectivity index (χ3n) is 3.74. The number of hydrogen-bond acceptors (Lipinski definition) is 4. The van der Waals surface area contributed by atoms with Gasteiger partial charge in [0.05, 0.1) is 11.1 Å². The fourth-order valence-electron chi connectivity index (χ4n) is 2.50. The third-order valence-corrected chi connectivity index (χ3v) is 3.74. The summed E-state index contributed by atoms with van der Waals surface area (Å²) >= 11 is 0. The molecule has 0 radical (unpaired) electrons. The molecule has 2 aromatic rings. The lowest BCUT2D eigenvalue weighted by Crippen LogP contribution is -2.21. The lowest BCUT2D eigenvalue weighted by Gasteiger charge is -2.20. The molecule has 1 aliphatic rings. The lowest BCUT2D eigenvalue weighted by molar-refractivity contribution is 0.0974. The Balaban J connectivity index is 2.40. The van der Waals surface area contributed by atoms with E-state index < -0.39 is 11.6 Å². The van der Waals surface area contributed by atoms with E-state index in [2.05, 4.69) is 0 Å². The standard InChI is InChI=1S/C16H12O4/c1-7-5-9-10(6-8(7)2)16(20)14-12(18)4-3-11(17)13(14)15(9)19/h3-6,17-18H,1-2H3. The summed E-state index contributed by atoms with van der Waals surface area (Å²) in [4.78, 5) is 24.9. The fraction of sp³-hybridized carbons (Fsp3) is 0.125. The first-order chi connectivity index (χ1) is 9.41. The van der Waals surface area contributed by atoms with Crippen LogP contribution in [-0.2, 0) is 0 Å². The van der Waals surface area contributed by atoms with Gasteiger partial charge in [-0.15, -0.1) is 0 Å². The van der Waals surface area contributed by atoms with E-state index in [1.807, 2.05) is 13.8 Å². The maximum atomic E-state index is 12.5. The fourth-order valence-corrected chi connectivity index (χ4v) is 2.50. The Morgan fingerprint density at radius 3 is 1.45 bits per heavy atom. The smallest absolute Gasteiger partial charge is 0.198 e. The molecule has 0 unspecified atom stereocenters. The monoisotopic (exact) mass is 268 g/mol. The van der Waals surface area contributed by atoms with Crippen LogP contribution in [0.2, 0.25) is 0 Å². The summed E-state index contributed by atoms with van der Waals surface area (Å²) in [7, 11) is 0. The highest BCUT2D eigenvalue weighted by Gasteiger charge is 2.34. The number of hydrogen-bond donors (Lipinski definition) is 2. The second-order valence-electron chi connectivity index (χ2n) is 4.99. The van der Waals surface area contributed by atoms with E-state index in [4.69, 9.17) is 0 Å². The van der Waals surface area contributed by atoms with E-state index >= 15 is 0 Å². The van der Waals surface area contributed by atoms with E-state index in [0.29, 0.717) is 0 Å². The highest BCUT2D eigenvalue weighted by molar-refractivity contribution is 6.30. The van der Waals surface area contributed by atoms with E-state index in [9.17, 15) is 19.8 Å². The van der Waals surface area contributed by atoms with Gasteiger partial charge in [0.25, 0.3) is 0 Å². The first kappa shape index (κ1) is 12.4. The van der Waals surface area contributed by atoms with Crippen molar-refractivity contribution in [2.24, 2.45) is 0 Å². The number of benzene rings is 2. The molecule has 0 aliphatic heterocycles. The molecule has 20 heavy (non-hydrogen) atoms. The highest BCUT2D eigenvalue weighted by Crippen LogP contribution is 2.38. The molecule has 2 aromatic carbocycles. The van der Waals surface area contributed by atoms with E-state index in [0.717, 1.165) is 11.1 Å². The van der Waals surface area contributed by atoms with Crippen LogP contribution in [-0.4, -0.2) is 21.8 Å². The van der Waals surface area contributed by atoms with Gasteiger partial charge in [-0.1, -0.05) is 0 Å². The zero-order chi connectivity index (χ0) is 14.6. The van der Waals surface area contributed by atoms with Crippen molar-refractivity contribution in [1.82, 2.24) is 0 Å². The number of fused-ring (bicyclic) bond motifs is 2. The number of carbonyl (C=O) groups excluding carboxylic acids is 2. The second-order valence-corrected chi connectivity index (χ2v) is 4.99. The second kappa shape index (κ2) is 3.93. The maximum Gasteiger partial charge on any atom is 0.198 e. The summed E-state index contributed by atoms with van der Waals surface area (Å²) in [6.45, 7) is 3.70. The summed E-state index contributed by atoms with van der Waals surface area (Å²) < 4.78 is 0. The van der Waals surface area contributed by atoms with Crippen molar-refractivity contribution >= 4 is 11.6 Å². The van der Waals surface area contributed by atoms with Crippen LogP contribution in [0, 0.1) is 13.8 Å². The average Bonchev–Trinajstić information content (AvgIpc) is 2.41. The summed E-state index contributed by atoms with van der Waals surface area (Å²) in [6.07, 6.45) is 0. The van der Waals surface area contributed by atoms with Crippen LogP contribution in [0.15, 0.2) is 24.3 Å². The van der Waals surface area contributed by atoms with Crippen molar-refractivity contribution in [2.75, 3.05) is 0 Å². The SMILES string of the molecule is Cc1cc2c(cc1C)C(=O)c1c(O)ccc(O)c1C2=O. The van der Waals surface area contributed by atoms with Gasteiger partial charge in [-0.25, -0.2) is 0 Å². The normalized spacial score (nSPS) is 13.1. The first-order valence-corrected chi connectivity index (χ1v) is 6.17. The van der Waals surface area contributed by atoms with Gasteiger partial charge < -0.3 is 10.2 Å². The predicted octanol–water partition coefficient (Wildman–Crippen LogP) is 2.49. The summed E-state index contributed by atoms with van der Waals surface area (Å²) in [6, 6.07) is 5.73. The van der Waals surface area contributed by atoms with Crippen LogP contribution < -0.4 is 0 Å². The topological polar surface area (TPSA) is 74.6 Å². The van der Waals surface area contributed by atoms with Crippen LogP contribution in [0.25, 0.3) is 0 Å². The number of phenolic OH excluding ortho intramolecular Hbond substituents is 2. The molecule has 0 saturated carbocycles. The van der Waals surface area contributed by atoms with E-state index in [-0.39, 0.29) is 33.8 Å². The molecule has 2 N–H and O–H groups in total. The number of aryl methyl sites for hydroxylation is 2. The highest BCUT2D eigenvalue weighted by atomic mass is 16.3. The van der Waals surface area contributed by atoms with Crippen LogP contribution in [0.4, 0.5) is 0 Å². The van der Waals surface area contributed by atoms with Gasteiger partial charge in [0.15, 0.2) is 11.6 Å². The van der Waals surface area contributed by atoms with Crippen molar-refractivity contribution in [3.05, 3.63) is 57.6 Å². The Morgan fingerprint density at radius 1 is 0.750 bits per heavy atom. The molecule has 0 saturated heterocycles. The number of aromatic hydroxyl groups is 2. The Bertz CT molecular complexity index is 722. The Morgan fingerprint density at radius 2 is 1.10 bits per heavy atom. The summed E-state index contributed by atoms with van der Waals surface area (Å²) in [5, 5.41) is 19.7. The number of carbonyl (C=O) groups is 2. The molecule has 4 heteroatoms. The van der Waals surface area contributed by atoms with Crippen molar-refractivity contribution in [2.45, 2.75) is 13.8 Å². The van der Waals surface area contributed by atoms with Gasteiger partial charge in [-0.3, -0.25) is 9.59 Å². The van der Waals surface area contributed by atoms with Crippen molar-refractivity contribution in [3.63, 3.8) is 0 Å². The Hall–Kier alpha value is -2.62. The van der Waals surface area contributed by atoms with Gasteiger partial charge in [-0.05, 0) is 49.2 Å². The van der Waals surface area contributed by atoms with E-state index in [1.165, 1.54) is 12.1 Å². The molecule has 0 bridgehead atoms. The molecule has 0 heterocycles. The molecule has 1 aliphatic carbocycles. The maximum absolute atomic E-state index is 12.5. The summed E-state index contributed by atoms with van der Waals surface area (Å²) in [5.41, 5.74) is 2.09. The molecular weight excluding hydrogens is 256 g/mol. The molecular formula is C16H12O4. The number of ketones is 2. The quantitative estimate of drug-likeness (QED) is 0.614. The molecule has 0 amide bonds. The van der Waals surface area contributed by atoms with Crippen LogP contribution in [0.1, 0.15) is 43.0 Å². The summed E-state index contributed by atoms with van der Waals surface area (Å²) in [5.74, 6) is -1.46. The number of phenols is 2. The molecule has 0 spiro atoms. The van der Waals surface area contributed by atoms with E-state index in [1.54, 1.807) is 12.1 Å². The minimum atomic E-state index is -0.439. The zero-order valence-corrected chi connectivity index (χ0v) is 11.0. The Labute approximate surface area is 115 Å². The Kier molecular flexibility index (Phi) is 2.44. The van der Waals surface area contributed by atoms with Gasteiger partial charge in [0.2, 0.25) is 0 Å². The molecule has 100 valence electrons. The third kappa shape index (κ3) is 1.48. The van der Waals surface area contributed by atoms with Crippen LogP contribution in [0.5, 0.6) is 11.5 Å². The molecule has 3 rings (SSSR count). The largest absolute Gasteiger partial charge is 0.507 e. The van der Waals surface area contributed by atoms with Crippen molar-refractivity contribution < 1.29 is 19.8 Å². The van der Waals surface area contributed by atoms with Gasteiger partial charge in [-0.2, -0.15) is 0 Å². The molecule has 0 fully saturated rings. The zero-order valence-electron chi connectivity index (χ0n) is 11.0. The first-order valence-electron chi connectivity index (χ1n) is 6.17. The van der Waals surface area contributed by atoms with Crippen molar-refractivity contribution in [1.29, 1.82) is 0 Å². The predicted molar refractivity (Wildman–Crippen MR) is 72.6 cm³/mol. The minimum absolute atomic E-state index is 0.120. The van der Waals surface area contributed by atoms with Gasteiger partial charge in [0, 0.05) is 11.1 Å². The molecule has 0 atom stereocenters. The molecule has 0 aromatic heterocycles. The van der Waals surface area contributed by atoms with Gasteiger partial charge >= 0.3 is 0 Å². The molecule has 4 nitrogen and oxygen atoms in total. The van der Waals surface area contributed by atoms with Gasteiger partial charge in [0.1, 0.15) is 11.5 Å². The number of rotatable bonds is 0. The minimum Gasteiger partial charge on any atom is -0.507 e. The van der Waals surface area contributed by atoms with Crippen molar-refractivity contribution in [3.8, 4) is 11.5 Å².